The van der Waals surface area contributed by atoms with E-state index in [0.717, 1.165) is 24.4 Å². The topological polar surface area (TPSA) is 64.3 Å². The normalized spacial score (nSPS) is 10.2. The molecular formula is C14H22N2O2S. The molecule has 1 aromatic rings. The summed E-state index contributed by atoms with van der Waals surface area (Å²) in [6.45, 7) is 3.49. The maximum Gasteiger partial charge on any atom is 0.220 e. The van der Waals surface area contributed by atoms with Gasteiger partial charge in [-0.25, -0.2) is 0 Å². The van der Waals surface area contributed by atoms with Gasteiger partial charge in [0.05, 0.1) is 13.0 Å². The lowest BCUT2D eigenvalue weighted by Crippen LogP contribution is -2.14. The molecule has 0 unspecified atom stereocenters. The number of hydrogen-bond acceptors (Lipinski definition) is 4. The van der Waals surface area contributed by atoms with E-state index >= 15 is 0 Å². The number of hydrogen-bond donors (Lipinski definition) is 2. The molecule has 0 atom stereocenters. The Morgan fingerprint density at radius 3 is 2.74 bits per heavy atom. The molecule has 0 aliphatic rings. The van der Waals surface area contributed by atoms with Crippen molar-refractivity contribution in [2.24, 2.45) is 5.73 Å². The molecule has 0 spiro atoms. The standard InChI is InChI=1S/C14H22N2O2S/c1-2-19-11-3-9-16-12-4-6-13(7-5-12)18-10-8-14(15)17/h4-7,16H,2-3,8-11H2,1H3,(H2,15,17). The number of carbonyl (C=O) groups excluding carboxylic acids is 1. The fourth-order valence-electron chi connectivity index (χ4n) is 1.49. The Labute approximate surface area is 119 Å². The minimum atomic E-state index is -0.344. The largest absolute Gasteiger partial charge is 0.493 e. The number of nitrogens with two attached hydrogens (primary N) is 1. The van der Waals surface area contributed by atoms with Gasteiger partial charge in [0.15, 0.2) is 0 Å². The van der Waals surface area contributed by atoms with Crippen molar-refractivity contribution < 1.29 is 9.53 Å². The van der Waals surface area contributed by atoms with Crippen molar-refractivity contribution in [2.75, 3.05) is 30.0 Å². The Morgan fingerprint density at radius 1 is 1.37 bits per heavy atom. The second-order valence-corrected chi connectivity index (χ2v) is 5.46. The SMILES string of the molecule is CCSCCCNc1ccc(OCCC(N)=O)cc1. The van der Waals surface area contributed by atoms with E-state index in [-0.39, 0.29) is 12.3 Å². The molecule has 4 nitrogen and oxygen atoms in total. The monoisotopic (exact) mass is 282 g/mol. The van der Waals surface area contributed by atoms with Crippen LogP contribution in [0.1, 0.15) is 19.8 Å². The minimum Gasteiger partial charge on any atom is -0.493 e. The van der Waals surface area contributed by atoms with Crippen LogP contribution < -0.4 is 15.8 Å². The summed E-state index contributed by atoms with van der Waals surface area (Å²) in [5.41, 5.74) is 6.13. The summed E-state index contributed by atoms with van der Waals surface area (Å²) in [7, 11) is 0. The van der Waals surface area contributed by atoms with E-state index in [2.05, 4.69) is 12.2 Å². The Bertz CT molecular complexity index is 368. The molecule has 0 radical (unpaired) electrons. The predicted molar refractivity (Wildman–Crippen MR) is 81.9 cm³/mol. The van der Waals surface area contributed by atoms with Gasteiger partial charge in [-0.05, 0) is 42.2 Å². The second kappa shape index (κ2) is 9.55. The lowest BCUT2D eigenvalue weighted by atomic mass is 10.3. The van der Waals surface area contributed by atoms with E-state index in [1.807, 2.05) is 36.0 Å². The van der Waals surface area contributed by atoms with Crippen molar-refractivity contribution in [1.29, 1.82) is 0 Å². The first-order chi connectivity index (χ1) is 9.22. The summed E-state index contributed by atoms with van der Waals surface area (Å²) in [6.07, 6.45) is 1.41. The van der Waals surface area contributed by atoms with Crippen LogP contribution in [-0.4, -0.2) is 30.6 Å². The number of amides is 1. The molecular weight excluding hydrogens is 260 g/mol. The first-order valence-electron chi connectivity index (χ1n) is 6.55. The Balaban J connectivity index is 2.21. The van der Waals surface area contributed by atoms with Gasteiger partial charge in [0.1, 0.15) is 5.75 Å². The zero-order valence-corrected chi connectivity index (χ0v) is 12.2. The fraction of sp³-hybridized carbons (Fsp3) is 0.500. The van der Waals surface area contributed by atoms with Gasteiger partial charge in [0, 0.05) is 12.2 Å². The predicted octanol–water partition coefficient (Wildman–Crippen LogP) is 2.50. The average molecular weight is 282 g/mol. The van der Waals surface area contributed by atoms with Gasteiger partial charge in [-0.15, -0.1) is 0 Å². The molecule has 3 N–H and O–H groups in total. The number of anilines is 1. The van der Waals surface area contributed by atoms with Gasteiger partial charge in [-0.2, -0.15) is 11.8 Å². The van der Waals surface area contributed by atoms with E-state index in [0.29, 0.717) is 6.61 Å². The Morgan fingerprint density at radius 2 is 2.11 bits per heavy atom. The fourth-order valence-corrected chi connectivity index (χ4v) is 2.13. The van der Waals surface area contributed by atoms with Crippen LogP contribution in [-0.2, 0) is 4.79 Å². The van der Waals surface area contributed by atoms with Gasteiger partial charge in [-0.1, -0.05) is 6.92 Å². The van der Waals surface area contributed by atoms with Crippen LogP contribution in [0.25, 0.3) is 0 Å². The molecule has 0 aliphatic heterocycles. The molecule has 0 bridgehead atoms. The van der Waals surface area contributed by atoms with Gasteiger partial charge >= 0.3 is 0 Å². The molecule has 5 heteroatoms. The Hall–Kier alpha value is -1.36. The third kappa shape index (κ3) is 7.62. The quantitative estimate of drug-likeness (QED) is 0.647. The van der Waals surface area contributed by atoms with Crippen LogP contribution in [0.2, 0.25) is 0 Å². The maximum atomic E-state index is 10.6. The molecule has 0 fully saturated rings. The van der Waals surface area contributed by atoms with Crippen LogP contribution in [0.5, 0.6) is 5.75 Å². The summed E-state index contributed by atoms with van der Waals surface area (Å²) >= 11 is 1.96. The van der Waals surface area contributed by atoms with E-state index in [1.165, 1.54) is 11.5 Å². The lowest BCUT2D eigenvalue weighted by Gasteiger charge is -2.08. The van der Waals surface area contributed by atoms with Crippen molar-refractivity contribution in [3.05, 3.63) is 24.3 Å². The van der Waals surface area contributed by atoms with Gasteiger partial charge < -0.3 is 15.8 Å². The molecule has 1 aromatic carbocycles. The number of carbonyl (C=O) groups is 1. The van der Waals surface area contributed by atoms with Crippen molar-refractivity contribution in [3.8, 4) is 5.75 Å². The number of rotatable bonds is 10. The highest BCUT2D eigenvalue weighted by atomic mass is 32.2. The number of primary amides is 1. The summed E-state index contributed by atoms with van der Waals surface area (Å²) < 4.78 is 5.40. The Kier molecular flexibility index (Phi) is 7.89. The highest BCUT2D eigenvalue weighted by Gasteiger charge is 1.97. The lowest BCUT2D eigenvalue weighted by molar-refractivity contribution is -0.118. The molecule has 0 saturated carbocycles. The van der Waals surface area contributed by atoms with Crippen LogP contribution in [0, 0.1) is 0 Å². The van der Waals surface area contributed by atoms with E-state index in [4.69, 9.17) is 10.5 Å². The van der Waals surface area contributed by atoms with Crippen molar-refractivity contribution >= 4 is 23.4 Å². The number of benzene rings is 1. The van der Waals surface area contributed by atoms with E-state index < -0.39 is 0 Å². The van der Waals surface area contributed by atoms with E-state index in [1.54, 1.807) is 0 Å². The number of thioether (sulfide) groups is 1. The summed E-state index contributed by atoms with van der Waals surface area (Å²) in [6, 6.07) is 7.74. The average Bonchev–Trinajstić information content (AvgIpc) is 2.40. The number of ether oxygens (including phenoxy) is 1. The third-order valence-corrected chi connectivity index (χ3v) is 3.46. The molecule has 0 saturated heterocycles. The molecule has 1 rings (SSSR count). The summed E-state index contributed by atoms with van der Waals surface area (Å²) in [5.74, 6) is 2.78. The molecule has 1 amide bonds. The minimum absolute atomic E-state index is 0.245. The second-order valence-electron chi connectivity index (χ2n) is 4.07. The zero-order chi connectivity index (χ0) is 13.9. The molecule has 0 aromatic heterocycles. The summed E-state index contributed by atoms with van der Waals surface area (Å²) in [4.78, 5) is 10.6. The van der Waals surface area contributed by atoms with Gasteiger partial charge in [0.25, 0.3) is 0 Å². The first-order valence-corrected chi connectivity index (χ1v) is 7.70. The molecule has 106 valence electrons. The molecule has 0 aliphatic carbocycles. The molecule has 19 heavy (non-hydrogen) atoms. The van der Waals surface area contributed by atoms with Crippen LogP contribution >= 0.6 is 11.8 Å². The van der Waals surface area contributed by atoms with Crippen molar-refractivity contribution in [2.45, 2.75) is 19.8 Å². The molecule has 0 heterocycles. The third-order valence-electron chi connectivity index (χ3n) is 2.47. The van der Waals surface area contributed by atoms with Crippen molar-refractivity contribution in [3.63, 3.8) is 0 Å². The van der Waals surface area contributed by atoms with Gasteiger partial charge in [0.2, 0.25) is 5.91 Å². The van der Waals surface area contributed by atoms with Crippen LogP contribution in [0.4, 0.5) is 5.69 Å². The van der Waals surface area contributed by atoms with Gasteiger partial charge in [-0.3, -0.25) is 4.79 Å². The van der Waals surface area contributed by atoms with Crippen LogP contribution in [0.3, 0.4) is 0 Å². The van der Waals surface area contributed by atoms with Crippen molar-refractivity contribution in [1.82, 2.24) is 0 Å². The zero-order valence-electron chi connectivity index (χ0n) is 11.4. The van der Waals surface area contributed by atoms with E-state index in [9.17, 15) is 4.79 Å². The smallest absolute Gasteiger partial charge is 0.220 e. The summed E-state index contributed by atoms with van der Waals surface area (Å²) in [5, 5.41) is 3.36. The number of nitrogens with one attached hydrogen (secondary N) is 1. The highest BCUT2D eigenvalue weighted by molar-refractivity contribution is 7.99. The maximum absolute atomic E-state index is 10.6. The van der Waals surface area contributed by atoms with Crippen LogP contribution in [0.15, 0.2) is 24.3 Å². The first kappa shape index (κ1) is 15.7. The highest BCUT2D eigenvalue weighted by Crippen LogP contribution is 2.16.